The molecule has 12 heterocycles. The van der Waals surface area contributed by atoms with Crippen molar-refractivity contribution in [3.63, 3.8) is 0 Å². The molecule has 704 valence electrons. The monoisotopic (exact) mass is 1780 g/mol. The first-order chi connectivity index (χ1) is 60.5. The molecule has 0 aromatic carbocycles. The van der Waals surface area contributed by atoms with Crippen molar-refractivity contribution < 1.29 is 95.3 Å². The quantitative estimate of drug-likeness (QED) is 0.0452. The summed E-state index contributed by atoms with van der Waals surface area (Å²) in [7, 11) is 6.48. The van der Waals surface area contributed by atoms with Crippen LogP contribution in [0.5, 0.6) is 0 Å². The van der Waals surface area contributed by atoms with E-state index in [4.69, 9.17) is 37.9 Å². The van der Waals surface area contributed by atoms with Gasteiger partial charge in [0.2, 0.25) is 47.3 Å². The summed E-state index contributed by atoms with van der Waals surface area (Å²) in [6.45, 7) is 40.9. The molecule has 8 aliphatic carbocycles. The summed E-state index contributed by atoms with van der Waals surface area (Å²) in [5, 5.41) is 18.4. The molecule has 0 aromatic heterocycles. The third-order valence-electron chi connectivity index (χ3n) is 36.1. The molecule has 0 radical (unpaired) electrons. The van der Waals surface area contributed by atoms with Crippen LogP contribution in [0.25, 0.3) is 0 Å². The lowest BCUT2D eigenvalue weighted by Crippen LogP contribution is -2.43. The number of carbonyl (C=O) groups is 10. The number of nitrogens with zero attached hydrogens (tertiary/aromatic N) is 8. The number of hydrogen-bond acceptors (Lipinski definition) is 24. The van der Waals surface area contributed by atoms with Gasteiger partial charge >= 0.3 is 11.9 Å². The van der Waals surface area contributed by atoms with E-state index in [0.717, 1.165) is 74.2 Å². The molecule has 16 bridgehead atoms. The van der Waals surface area contributed by atoms with Gasteiger partial charge in [-0.1, -0.05) is 132 Å². The van der Waals surface area contributed by atoms with Crippen LogP contribution in [-0.2, 0) is 95.3 Å². The van der Waals surface area contributed by atoms with Crippen molar-refractivity contribution in [2.75, 3.05) is 120 Å². The van der Waals surface area contributed by atoms with Crippen molar-refractivity contribution in [2.24, 2.45) is 135 Å². The van der Waals surface area contributed by atoms with Crippen LogP contribution in [0.15, 0.2) is 69.0 Å². The summed E-state index contributed by atoms with van der Waals surface area (Å²) < 4.78 is 53.9. The Labute approximate surface area is 753 Å². The van der Waals surface area contributed by atoms with E-state index in [-0.39, 0.29) is 127 Å². The minimum atomic E-state index is -0.676. The molecule has 12 aliphatic heterocycles. The average molecular weight is 1780 g/mol. The molecule has 20 rings (SSSR count). The summed E-state index contributed by atoms with van der Waals surface area (Å²) in [6.07, 6.45) is 27.5. The summed E-state index contributed by atoms with van der Waals surface area (Å²) in [5.74, 6) is -2.77. The highest BCUT2D eigenvalue weighted by Gasteiger charge is 2.73. The van der Waals surface area contributed by atoms with Crippen LogP contribution in [0.4, 0.5) is 0 Å². The number of fused-ring (bicyclic) bond motifs is 12. The fourth-order valence-corrected chi connectivity index (χ4v) is 26.7. The largest absolute Gasteiger partial charge is 0.466 e. The Morgan fingerprint density at radius 3 is 0.711 bits per heavy atom. The Bertz CT molecular complexity index is 4120. The molecule has 20 aliphatic rings. The zero-order valence-electron chi connectivity index (χ0n) is 79.0. The average Bonchev–Trinajstić information content (AvgIpc) is 1.54. The van der Waals surface area contributed by atoms with Gasteiger partial charge < -0.3 is 67.0 Å². The van der Waals surface area contributed by atoms with Gasteiger partial charge in [-0.2, -0.15) is 20.4 Å². The predicted octanol–water partition coefficient (Wildman–Crippen LogP) is 8.07. The van der Waals surface area contributed by atoms with Gasteiger partial charge in [-0.15, -0.1) is 0 Å². The van der Waals surface area contributed by atoms with Gasteiger partial charge in [-0.25, -0.2) is 21.7 Å². The molecule has 4 N–H and O–H groups in total. The number of rotatable bonds is 22. The minimum absolute atomic E-state index is 0.0188. The van der Waals surface area contributed by atoms with E-state index >= 15 is 0 Å². The molecule has 24 atom stereocenters. The maximum Gasteiger partial charge on any atom is 0.302 e. The van der Waals surface area contributed by atoms with E-state index in [1.54, 1.807) is 61.9 Å². The molecule has 32 nitrogen and oxygen atoms in total. The number of amides is 8. The van der Waals surface area contributed by atoms with Crippen LogP contribution < -0.4 is 21.7 Å². The Morgan fingerprint density at radius 2 is 0.562 bits per heavy atom. The molecule has 128 heavy (non-hydrogen) atoms. The first kappa shape index (κ1) is 94.7. The van der Waals surface area contributed by atoms with E-state index in [2.05, 4.69) is 135 Å². The fraction of sp³-hybridized carbons (Fsp3) is 0.771. The second-order valence-corrected chi connectivity index (χ2v) is 42.6. The number of hydrogen-bond donors (Lipinski definition) is 4. The zero-order valence-corrected chi connectivity index (χ0v) is 79.0. The van der Waals surface area contributed by atoms with Gasteiger partial charge in [0.05, 0.1) is 138 Å². The summed E-state index contributed by atoms with van der Waals surface area (Å²) in [4.78, 5) is 131. The van der Waals surface area contributed by atoms with Crippen LogP contribution >= 0.6 is 0 Å². The van der Waals surface area contributed by atoms with E-state index in [9.17, 15) is 47.9 Å². The minimum Gasteiger partial charge on any atom is -0.466 e. The number of carbonyl (C=O) groups excluding carboxylic acids is 10. The molecule has 0 unspecified atom stereocenters. The smallest absolute Gasteiger partial charge is 0.302 e. The van der Waals surface area contributed by atoms with Gasteiger partial charge in [-0.3, -0.25) is 47.9 Å². The lowest BCUT2D eigenvalue weighted by atomic mass is 9.70. The molecule has 4 spiro atoms. The van der Waals surface area contributed by atoms with Crippen molar-refractivity contribution in [3.05, 3.63) is 48.6 Å². The number of methoxy groups -OCH3 is 4. The predicted molar refractivity (Wildman–Crippen MR) is 473 cm³/mol. The topological polar surface area (TPSA) is 374 Å². The summed E-state index contributed by atoms with van der Waals surface area (Å²) >= 11 is 0. The lowest BCUT2D eigenvalue weighted by Gasteiger charge is -2.34. The van der Waals surface area contributed by atoms with Gasteiger partial charge in [0.1, 0.15) is 22.4 Å². The highest BCUT2D eigenvalue weighted by Crippen LogP contribution is 2.68. The SMILES string of the molecule is CCOC(C)=O.CCOC(C)=O.COCCN1C[C@@]23C=C[C@@H](O2)[C@@H](C(=O)N/N=C2\C[C@H]4CC[C@]2(C)C4(C)C)[C@H]3C1=O.COCCN1C[C@@]23C=C[C@@H](O2)[C@@H](C(=O)N/N=C2\C[C@H]4CC[C@]2(C)C4(C)C)[C@H]3C1=O.COCCN1C[C@]23C=C[C@H](O2)[C@H](C(=O)N/N=C2\C[C@H]4CC[C@]2(C)C4(C)C)[C@@H]3C1=O.COCCN1C[C@]23C=C[C@H](O2)[C@H](C(=O)N/N=C2\C[C@H]4CC[C@]2(C)C4(C)C)[C@@H]3C1=O. The number of likely N-dealkylation sites (tertiary alicyclic amines) is 4. The van der Waals surface area contributed by atoms with Crippen LogP contribution in [-0.4, -0.2) is 269 Å². The van der Waals surface area contributed by atoms with Crippen molar-refractivity contribution in [2.45, 2.75) is 235 Å². The molecule has 8 saturated heterocycles. The number of ether oxygens (including phenoxy) is 10. The number of hydrazone groups is 4. The van der Waals surface area contributed by atoms with E-state index in [1.165, 1.54) is 39.5 Å². The second-order valence-electron chi connectivity index (χ2n) is 42.6. The normalized spacial score (nSPS) is 41.4. The molecule has 32 heteroatoms. The fourth-order valence-electron chi connectivity index (χ4n) is 26.7. The highest BCUT2D eigenvalue weighted by molar-refractivity contribution is 6.01. The van der Waals surface area contributed by atoms with Gasteiger partial charge in [0.15, 0.2) is 0 Å². The molecular formula is C96H140N12O20. The molecular weight excluding hydrogens is 1640 g/mol. The maximum absolute atomic E-state index is 13.1. The molecule has 16 fully saturated rings. The molecule has 0 aromatic rings. The second kappa shape index (κ2) is 34.9. The van der Waals surface area contributed by atoms with Crippen molar-refractivity contribution in [1.82, 2.24) is 41.3 Å². The number of esters is 2. The first-order valence-corrected chi connectivity index (χ1v) is 46.8. The van der Waals surface area contributed by atoms with Crippen LogP contribution in [0.2, 0.25) is 0 Å². The standard InChI is InChI=1S/4C22H31N3O4.2C4H8O2/c4*1-20(2)13-5-7-21(20,3)15(11-13)23-24-18(26)16-14-6-8-22(29-14)12-25(9-10-28-4)19(27)17(16)22;2*1-3-6-4(2)5/h4*6,8,13-14,16-17H,5,7,9-12H2,1-4H3,(H,24,26);2*3H2,1-2H3/b4*23-15+;;/t2*13-,14+,16+,17-,21+,22+;2*13-,14-,16-,17+,21+,22-;;/m1111../s1. The summed E-state index contributed by atoms with van der Waals surface area (Å²) in [5.41, 5.74) is 14.0. The molecule has 8 amide bonds. The van der Waals surface area contributed by atoms with Gasteiger partial charge in [-0.05, 0) is 136 Å². The van der Waals surface area contributed by atoms with Crippen molar-refractivity contribution >= 4 is 82.0 Å². The third kappa shape index (κ3) is 15.2. The Kier molecular flexibility index (Phi) is 25.8. The van der Waals surface area contributed by atoms with Crippen molar-refractivity contribution in [3.8, 4) is 0 Å². The summed E-state index contributed by atoms with van der Waals surface area (Å²) in [6, 6.07) is 0. The first-order valence-electron chi connectivity index (χ1n) is 46.8. The van der Waals surface area contributed by atoms with Gasteiger partial charge in [0.25, 0.3) is 0 Å². The lowest BCUT2D eigenvalue weighted by molar-refractivity contribution is -0.141. The van der Waals surface area contributed by atoms with Crippen molar-refractivity contribution in [1.29, 1.82) is 0 Å². The highest BCUT2D eigenvalue weighted by atomic mass is 16.6. The zero-order chi connectivity index (χ0) is 92.4. The third-order valence-corrected chi connectivity index (χ3v) is 36.1. The van der Waals surface area contributed by atoms with E-state index in [1.807, 2.05) is 48.6 Å². The van der Waals surface area contributed by atoms with E-state index in [0.29, 0.717) is 116 Å². The molecule has 8 saturated carbocycles. The Balaban J connectivity index is 0.000000126. The Morgan fingerprint density at radius 1 is 0.359 bits per heavy atom. The Hall–Kier alpha value is -7.98. The number of nitrogens with one attached hydrogen (secondary N) is 4. The van der Waals surface area contributed by atoms with Crippen LogP contribution in [0.1, 0.15) is 188 Å². The van der Waals surface area contributed by atoms with Gasteiger partial charge in [0, 0.05) is 113 Å². The van der Waals surface area contributed by atoms with Crippen LogP contribution in [0.3, 0.4) is 0 Å². The van der Waals surface area contributed by atoms with Crippen LogP contribution in [0, 0.1) is 114 Å². The maximum atomic E-state index is 13.1. The van der Waals surface area contributed by atoms with E-state index < -0.39 is 69.7 Å².